The third-order valence-corrected chi connectivity index (χ3v) is 5.66. The van der Waals surface area contributed by atoms with E-state index in [-0.39, 0.29) is 0 Å². The van der Waals surface area contributed by atoms with Crippen LogP contribution in [0, 0.1) is 0 Å². The van der Waals surface area contributed by atoms with Crippen LogP contribution in [-0.2, 0) is 13.6 Å². The summed E-state index contributed by atoms with van der Waals surface area (Å²) in [4.78, 5) is 6.04. The average molecular weight is 299 g/mol. The van der Waals surface area contributed by atoms with E-state index in [1.54, 1.807) is 22.7 Å². The molecule has 4 rings (SSSR count). The van der Waals surface area contributed by atoms with Crippen LogP contribution >= 0.6 is 22.7 Å². The van der Waals surface area contributed by atoms with E-state index < -0.39 is 0 Å². The number of rotatable bonds is 2. The fraction of sp³-hybridized carbons (Fsp3) is 0.133. The normalized spacial score (nSPS) is 11.7. The van der Waals surface area contributed by atoms with Gasteiger partial charge < -0.3 is 10.3 Å². The predicted octanol–water partition coefficient (Wildman–Crippen LogP) is 3.98. The Bertz CT molecular complexity index is 885. The van der Waals surface area contributed by atoms with Gasteiger partial charge in [0.25, 0.3) is 0 Å². The van der Waals surface area contributed by atoms with E-state index in [4.69, 9.17) is 10.7 Å². The molecule has 0 aliphatic carbocycles. The largest absolute Gasteiger partial charge is 0.326 e. The fourth-order valence-corrected chi connectivity index (χ4v) is 4.67. The van der Waals surface area contributed by atoms with Crippen LogP contribution in [0.1, 0.15) is 5.56 Å². The molecule has 100 valence electrons. The van der Waals surface area contributed by atoms with Gasteiger partial charge in [-0.2, -0.15) is 0 Å². The minimum Gasteiger partial charge on any atom is -0.326 e. The minimum atomic E-state index is 0.521. The van der Waals surface area contributed by atoms with E-state index in [0.717, 1.165) is 22.4 Å². The maximum Gasteiger partial charge on any atom is 0.151 e. The number of benzene rings is 1. The Kier molecular flexibility index (Phi) is 2.66. The summed E-state index contributed by atoms with van der Waals surface area (Å²) in [6, 6.07) is 10.6. The molecule has 0 saturated heterocycles. The molecule has 0 atom stereocenters. The molecule has 5 heteroatoms. The fourth-order valence-electron chi connectivity index (χ4n) is 2.53. The highest BCUT2D eigenvalue weighted by atomic mass is 32.1. The molecule has 20 heavy (non-hydrogen) atoms. The van der Waals surface area contributed by atoms with Crippen molar-refractivity contribution in [1.82, 2.24) is 9.55 Å². The second-order valence-corrected chi connectivity index (χ2v) is 6.77. The van der Waals surface area contributed by atoms with E-state index in [2.05, 4.69) is 35.2 Å². The van der Waals surface area contributed by atoms with Gasteiger partial charge in [-0.25, -0.2) is 4.98 Å². The topological polar surface area (TPSA) is 43.8 Å². The van der Waals surface area contributed by atoms with Crippen LogP contribution in [0.15, 0.2) is 35.7 Å². The molecule has 0 bridgehead atoms. The molecule has 4 aromatic rings. The standard InChI is InChI=1S/C15H13N3S2/c1-18-10-4-2-3-9(8-16)14(10)17-15(18)13-7-12-11(20-13)5-6-19-12/h2-7H,8,16H2,1H3. The molecule has 1 aromatic carbocycles. The maximum atomic E-state index is 5.81. The molecule has 3 heterocycles. The summed E-state index contributed by atoms with van der Waals surface area (Å²) in [5, 5.41) is 2.13. The molecule has 0 saturated carbocycles. The highest BCUT2D eigenvalue weighted by Gasteiger charge is 2.14. The van der Waals surface area contributed by atoms with Crippen molar-refractivity contribution >= 4 is 43.1 Å². The lowest BCUT2D eigenvalue weighted by Crippen LogP contribution is -1.97. The van der Waals surface area contributed by atoms with Crippen LogP contribution in [0.25, 0.3) is 31.1 Å². The van der Waals surface area contributed by atoms with Crippen molar-refractivity contribution in [3.8, 4) is 10.7 Å². The van der Waals surface area contributed by atoms with Gasteiger partial charge in [-0.3, -0.25) is 0 Å². The zero-order valence-electron chi connectivity index (χ0n) is 11.0. The lowest BCUT2D eigenvalue weighted by molar-refractivity contribution is 0.963. The number of nitrogens with zero attached hydrogens (tertiary/aromatic N) is 2. The molecule has 0 fully saturated rings. The van der Waals surface area contributed by atoms with Gasteiger partial charge in [0, 0.05) is 23.0 Å². The van der Waals surface area contributed by atoms with E-state index in [1.807, 2.05) is 12.1 Å². The Morgan fingerprint density at radius 2 is 2.15 bits per heavy atom. The van der Waals surface area contributed by atoms with E-state index in [1.165, 1.54) is 14.3 Å². The summed E-state index contributed by atoms with van der Waals surface area (Å²) in [7, 11) is 2.07. The Morgan fingerprint density at radius 3 is 2.95 bits per heavy atom. The number of para-hydroxylation sites is 1. The van der Waals surface area contributed by atoms with Crippen molar-refractivity contribution in [2.24, 2.45) is 12.8 Å². The molecular formula is C15H13N3S2. The molecule has 0 spiro atoms. The lowest BCUT2D eigenvalue weighted by Gasteiger charge is -1.99. The van der Waals surface area contributed by atoms with Crippen molar-refractivity contribution in [2.75, 3.05) is 0 Å². The van der Waals surface area contributed by atoms with Gasteiger partial charge in [0.15, 0.2) is 5.82 Å². The van der Waals surface area contributed by atoms with Crippen LogP contribution in [0.3, 0.4) is 0 Å². The molecule has 0 unspecified atom stereocenters. The van der Waals surface area contributed by atoms with Crippen molar-refractivity contribution in [1.29, 1.82) is 0 Å². The molecule has 0 aliphatic rings. The predicted molar refractivity (Wildman–Crippen MR) is 87.3 cm³/mol. The first kappa shape index (κ1) is 12.1. The van der Waals surface area contributed by atoms with Gasteiger partial charge in [0.1, 0.15) is 0 Å². The number of nitrogens with two attached hydrogens (primary N) is 1. The highest BCUT2D eigenvalue weighted by Crippen LogP contribution is 2.37. The SMILES string of the molecule is Cn1c(-c2cc3sccc3s2)nc2c(CN)cccc21. The molecule has 2 N–H and O–H groups in total. The van der Waals surface area contributed by atoms with Crippen LogP contribution < -0.4 is 5.73 Å². The zero-order valence-corrected chi connectivity index (χ0v) is 12.6. The van der Waals surface area contributed by atoms with Crippen LogP contribution in [0.4, 0.5) is 0 Å². The maximum absolute atomic E-state index is 5.81. The summed E-state index contributed by atoms with van der Waals surface area (Å²) >= 11 is 3.57. The van der Waals surface area contributed by atoms with Gasteiger partial charge in [-0.1, -0.05) is 12.1 Å². The molecule has 0 aliphatic heterocycles. The Labute approximate surface area is 124 Å². The summed E-state index contributed by atoms with van der Waals surface area (Å²) in [5.74, 6) is 1.02. The second kappa shape index (κ2) is 4.41. The molecule has 3 nitrogen and oxygen atoms in total. The van der Waals surface area contributed by atoms with Gasteiger partial charge >= 0.3 is 0 Å². The van der Waals surface area contributed by atoms with Crippen LogP contribution in [-0.4, -0.2) is 9.55 Å². The van der Waals surface area contributed by atoms with Crippen LogP contribution in [0.5, 0.6) is 0 Å². The number of thiophene rings is 2. The van der Waals surface area contributed by atoms with Crippen molar-refractivity contribution in [3.63, 3.8) is 0 Å². The quantitative estimate of drug-likeness (QED) is 0.608. The number of aryl methyl sites for hydroxylation is 1. The Hall–Kier alpha value is -1.69. The monoisotopic (exact) mass is 299 g/mol. The second-order valence-electron chi connectivity index (χ2n) is 4.74. The van der Waals surface area contributed by atoms with E-state index in [9.17, 15) is 0 Å². The van der Waals surface area contributed by atoms with E-state index >= 15 is 0 Å². The number of hydrogen-bond donors (Lipinski definition) is 1. The van der Waals surface area contributed by atoms with Crippen molar-refractivity contribution in [3.05, 3.63) is 41.3 Å². The third-order valence-electron chi connectivity index (χ3n) is 3.57. The molecule has 0 amide bonds. The average Bonchev–Trinajstić information content (AvgIpc) is 3.11. The van der Waals surface area contributed by atoms with Crippen molar-refractivity contribution < 1.29 is 0 Å². The van der Waals surface area contributed by atoms with Gasteiger partial charge in [-0.05, 0) is 29.1 Å². The van der Waals surface area contributed by atoms with Crippen LogP contribution in [0.2, 0.25) is 0 Å². The molecular weight excluding hydrogens is 286 g/mol. The first-order valence-electron chi connectivity index (χ1n) is 6.39. The van der Waals surface area contributed by atoms with Gasteiger partial charge in [0.2, 0.25) is 0 Å². The minimum absolute atomic E-state index is 0.521. The van der Waals surface area contributed by atoms with Gasteiger partial charge in [-0.15, -0.1) is 22.7 Å². The van der Waals surface area contributed by atoms with Gasteiger partial charge in [0.05, 0.1) is 15.9 Å². The summed E-state index contributed by atoms with van der Waals surface area (Å²) in [6.07, 6.45) is 0. The summed E-state index contributed by atoms with van der Waals surface area (Å²) in [5.41, 5.74) is 9.07. The molecule has 3 aromatic heterocycles. The Morgan fingerprint density at radius 1 is 1.25 bits per heavy atom. The number of imidazole rings is 1. The number of fused-ring (bicyclic) bond motifs is 2. The first-order valence-corrected chi connectivity index (χ1v) is 8.09. The lowest BCUT2D eigenvalue weighted by atomic mass is 10.2. The first-order chi connectivity index (χ1) is 9.78. The van der Waals surface area contributed by atoms with E-state index in [0.29, 0.717) is 6.54 Å². The number of aromatic nitrogens is 2. The summed E-state index contributed by atoms with van der Waals surface area (Å²) < 4.78 is 4.82. The zero-order chi connectivity index (χ0) is 13.7. The molecule has 0 radical (unpaired) electrons. The third kappa shape index (κ3) is 1.64. The number of hydrogen-bond acceptors (Lipinski definition) is 4. The smallest absolute Gasteiger partial charge is 0.151 e. The van der Waals surface area contributed by atoms with Crippen molar-refractivity contribution in [2.45, 2.75) is 6.54 Å². The summed E-state index contributed by atoms with van der Waals surface area (Å²) in [6.45, 7) is 0.521. The Balaban J connectivity index is 2.00. The highest BCUT2D eigenvalue weighted by molar-refractivity contribution is 7.28.